The lowest BCUT2D eigenvalue weighted by Gasteiger charge is -2.47. The van der Waals surface area contributed by atoms with Crippen molar-refractivity contribution in [3.63, 3.8) is 0 Å². The molecule has 0 radical (unpaired) electrons. The third-order valence-corrected chi connectivity index (χ3v) is 4.00. The van der Waals surface area contributed by atoms with Gasteiger partial charge in [0.15, 0.2) is 0 Å². The van der Waals surface area contributed by atoms with E-state index >= 15 is 0 Å². The van der Waals surface area contributed by atoms with Gasteiger partial charge in [-0.25, -0.2) is 0 Å². The summed E-state index contributed by atoms with van der Waals surface area (Å²) in [7, 11) is 0. The Balaban J connectivity index is 1.91. The molecule has 3 fully saturated rings. The molecule has 1 aliphatic carbocycles. The van der Waals surface area contributed by atoms with Crippen LogP contribution < -0.4 is 5.32 Å². The van der Waals surface area contributed by atoms with Gasteiger partial charge in [-0.1, -0.05) is 20.8 Å². The summed E-state index contributed by atoms with van der Waals surface area (Å²) in [6.07, 6.45) is 4.34. The van der Waals surface area contributed by atoms with Crippen LogP contribution in [0.5, 0.6) is 0 Å². The average molecular weight is 183 g/mol. The smallest absolute Gasteiger partial charge is 0.118 e. The van der Waals surface area contributed by atoms with Crippen LogP contribution in [0.4, 0.5) is 0 Å². The van der Waals surface area contributed by atoms with Crippen LogP contribution in [0, 0.1) is 11.8 Å². The van der Waals surface area contributed by atoms with Crippen LogP contribution in [-0.4, -0.2) is 16.4 Å². The van der Waals surface area contributed by atoms with Crippen LogP contribution in [0.15, 0.2) is 0 Å². The largest absolute Gasteiger partial charge is 0.376 e. The zero-order valence-electron chi connectivity index (χ0n) is 8.93. The molecule has 1 saturated carbocycles. The Bertz CT molecular complexity index is 206. The van der Waals surface area contributed by atoms with Gasteiger partial charge in [0.25, 0.3) is 0 Å². The Hall–Kier alpha value is -0.0800. The zero-order valence-corrected chi connectivity index (χ0v) is 8.93. The van der Waals surface area contributed by atoms with Crippen molar-refractivity contribution < 1.29 is 5.11 Å². The van der Waals surface area contributed by atoms with Gasteiger partial charge in [0, 0.05) is 12.0 Å². The predicted molar refractivity (Wildman–Crippen MR) is 53.3 cm³/mol. The van der Waals surface area contributed by atoms with E-state index in [1.54, 1.807) is 0 Å². The molecule has 2 nitrogen and oxygen atoms in total. The SMILES string of the molecule is CC(C)C(C)CC12CCC(O)(C1)N2. The lowest BCUT2D eigenvalue weighted by molar-refractivity contribution is -0.0801. The second kappa shape index (κ2) is 2.71. The second-order valence-corrected chi connectivity index (χ2v) is 5.54. The number of rotatable bonds is 3. The molecule has 3 rings (SSSR count). The molecule has 0 spiro atoms. The van der Waals surface area contributed by atoms with Crippen LogP contribution in [0.25, 0.3) is 0 Å². The molecule has 3 unspecified atom stereocenters. The average Bonchev–Trinajstić information content (AvgIpc) is 2.41. The molecule has 2 heteroatoms. The highest BCUT2D eigenvalue weighted by Crippen LogP contribution is 2.50. The Morgan fingerprint density at radius 2 is 1.92 bits per heavy atom. The van der Waals surface area contributed by atoms with Gasteiger partial charge in [-0.05, 0) is 31.1 Å². The highest BCUT2D eigenvalue weighted by atomic mass is 16.3. The quantitative estimate of drug-likeness (QED) is 0.700. The van der Waals surface area contributed by atoms with Gasteiger partial charge in [0.2, 0.25) is 0 Å². The molecule has 2 N–H and O–H groups in total. The second-order valence-electron chi connectivity index (χ2n) is 5.54. The molecule has 0 aromatic rings. The maximum absolute atomic E-state index is 9.77. The van der Waals surface area contributed by atoms with Gasteiger partial charge in [0.05, 0.1) is 0 Å². The van der Waals surface area contributed by atoms with Crippen molar-refractivity contribution in [2.24, 2.45) is 11.8 Å². The summed E-state index contributed by atoms with van der Waals surface area (Å²) >= 11 is 0. The summed E-state index contributed by atoms with van der Waals surface area (Å²) in [5.74, 6) is 1.51. The summed E-state index contributed by atoms with van der Waals surface area (Å²) in [6, 6.07) is 0. The van der Waals surface area contributed by atoms with Crippen molar-refractivity contribution in [3.05, 3.63) is 0 Å². The highest BCUT2D eigenvalue weighted by Gasteiger charge is 2.59. The van der Waals surface area contributed by atoms with E-state index in [0.29, 0.717) is 5.54 Å². The molecule has 2 bridgehead atoms. The number of hydrogen-bond donors (Lipinski definition) is 2. The maximum Gasteiger partial charge on any atom is 0.118 e. The van der Waals surface area contributed by atoms with Crippen molar-refractivity contribution in [2.45, 2.75) is 57.7 Å². The van der Waals surface area contributed by atoms with E-state index in [4.69, 9.17) is 0 Å². The van der Waals surface area contributed by atoms with Gasteiger partial charge in [0.1, 0.15) is 5.72 Å². The van der Waals surface area contributed by atoms with E-state index in [0.717, 1.165) is 24.7 Å². The van der Waals surface area contributed by atoms with Crippen molar-refractivity contribution in [2.75, 3.05) is 0 Å². The third kappa shape index (κ3) is 1.50. The molecule has 0 aromatic carbocycles. The van der Waals surface area contributed by atoms with E-state index in [1.807, 2.05) is 0 Å². The molecular weight excluding hydrogens is 162 g/mol. The number of nitrogens with one attached hydrogen (secondary N) is 1. The monoisotopic (exact) mass is 183 g/mol. The van der Waals surface area contributed by atoms with Crippen LogP contribution in [0.2, 0.25) is 0 Å². The van der Waals surface area contributed by atoms with Gasteiger partial charge in [-0.3, -0.25) is 5.32 Å². The van der Waals surface area contributed by atoms with E-state index in [-0.39, 0.29) is 0 Å². The van der Waals surface area contributed by atoms with E-state index in [9.17, 15) is 5.11 Å². The van der Waals surface area contributed by atoms with Gasteiger partial charge >= 0.3 is 0 Å². The Kier molecular flexibility index (Phi) is 1.97. The highest BCUT2D eigenvalue weighted by molar-refractivity contribution is 5.14. The topological polar surface area (TPSA) is 32.3 Å². The number of hydrogen-bond acceptors (Lipinski definition) is 2. The predicted octanol–water partition coefficient (Wildman–Crippen LogP) is 1.88. The van der Waals surface area contributed by atoms with Crippen molar-refractivity contribution >= 4 is 0 Å². The Morgan fingerprint density at radius 1 is 1.31 bits per heavy atom. The minimum atomic E-state index is -0.475. The zero-order chi connectivity index (χ0) is 9.69. The lowest BCUT2D eigenvalue weighted by atomic mass is 9.77. The first-order valence-electron chi connectivity index (χ1n) is 5.47. The summed E-state index contributed by atoms with van der Waals surface area (Å²) in [5, 5.41) is 13.1. The first-order chi connectivity index (χ1) is 5.95. The molecule has 0 aromatic heterocycles. The normalized spacial score (nSPS) is 45.0. The molecule has 13 heavy (non-hydrogen) atoms. The summed E-state index contributed by atoms with van der Waals surface area (Å²) in [6.45, 7) is 6.87. The molecule has 3 aliphatic rings. The fraction of sp³-hybridized carbons (Fsp3) is 1.00. The summed E-state index contributed by atoms with van der Waals surface area (Å²) < 4.78 is 0. The fourth-order valence-corrected chi connectivity index (χ4v) is 2.86. The number of fused-ring (bicyclic) bond motifs is 1. The van der Waals surface area contributed by atoms with Crippen LogP contribution >= 0.6 is 0 Å². The van der Waals surface area contributed by atoms with Gasteiger partial charge < -0.3 is 5.11 Å². The Labute approximate surface area is 80.7 Å². The van der Waals surface area contributed by atoms with Gasteiger partial charge in [-0.15, -0.1) is 0 Å². The van der Waals surface area contributed by atoms with Crippen molar-refractivity contribution in [3.8, 4) is 0 Å². The Morgan fingerprint density at radius 3 is 2.31 bits per heavy atom. The van der Waals surface area contributed by atoms with Gasteiger partial charge in [-0.2, -0.15) is 0 Å². The lowest BCUT2D eigenvalue weighted by Crippen LogP contribution is -2.65. The minimum Gasteiger partial charge on any atom is -0.376 e. The van der Waals surface area contributed by atoms with Crippen molar-refractivity contribution in [1.29, 1.82) is 0 Å². The third-order valence-electron chi connectivity index (χ3n) is 4.00. The van der Waals surface area contributed by atoms with E-state index < -0.39 is 5.72 Å². The molecule has 2 heterocycles. The summed E-state index contributed by atoms with van der Waals surface area (Å²) in [4.78, 5) is 0. The first-order valence-corrected chi connectivity index (χ1v) is 5.47. The number of aliphatic hydroxyl groups is 1. The van der Waals surface area contributed by atoms with Crippen LogP contribution in [-0.2, 0) is 0 Å². The van der Waals surface area contributed by atoms with Crippen molar-refractivity contribution in [1.82, 2.24) is 5.32 Å². The summed E-state index contributed by atoms with van der Waals surface area (Å²) in [5.41, 5.74) is -0.171. The van der Waals surface area contributed by atoms with E-state index in [1.165, 1.54) is 12.8 Å². The fourth-order valence-electron chi connectivity index (χ4n) is 2.86. The molecule has 2 aliphatic heterocycles. The van der Waals surface area contributed by atoms with Crippen LogP contribution in [0.1, 0.15) is 46.5 Å². The maximum atomic E-state index is 9.77. The minimum absolute atomic E-state index is 0.304. The molecule has 2 saturated heterocycles. The van der Waals surface area contributed by atoms with Crippen LogP contribution in [0.3, 0.4) is 0 Å². The molecule has 3 atom stereocenters. The molecule has 0 amide bonds. The molecule has 76 valence electrons. The molecular formula is C11H21NO. The first kappa shape index (κ1) is 9.47. The standard InChI is InChI=1S/C11H21NO/c1-8(2)9(3)6-10-4-5-11(13,7-10)12-10/h8-9,12-13H,4-7H2,1-3H3. The van der Waals surface area contributed by atoms with E-state index in [2.05, 4.69) is 26.1 Å².